The van der Waals surface area contributed by atoms with Crippen molar-refractivity contribution in [2.45, 2.75) is 51.6 Å². The summed E-state index contributed by atoms with van der Waals surface area (Å²) in [7, 11) is -3.09. The molecule has 2 aliphatic rings. The van der Waals surface area contributed by atoms with Crippen molar-refractivity contribution in [2.24, 2.45) is 11.8 Å². The van der Waals surface area contributed by atoms with Gasteiger partial charge in [0.2, 0.25) is 0 Å². The lowest BCUT2D eigenvalue weighted by atomic mass is 9.77. The van der Waals surface area contributed by atoms with Gasteiger partial charge in [-0.25, -0.2) is 8.42 Å². The molecule has 0 aromatic heterocycles. The molecule has 1 aliphatic heterocycles. The van der Waals surface area contributed by atoms with Gasteiger partial charge >= 0.3 is 5.97 Å². The number of rotatable bonds is 3. The smallest absolute Gasteiger partial charge is 0.304 e. The number of carbonyl (C=O) groups is 1. The number of carboxylic acid groups (broad SMARTS) is 1. The fraction of sp³-hybridized carbons (Fsp3) is 0.929. The Morgan fingerprint density at radius 3 is 2.40 bits per heavy atom. The zero-order valence-corrected chi connectivity index (χ0v) is 13.1. The molecule has 0 aromatic carbocycles. The molecule has 1 N–H and O–H groups in total. The van der Waals surface area contributed by atoms with Gasteiger partial charge in [0.05, 0.1) is 17.9 Å². The lowest BCUT2D eigenvalue weighted by molar-refractivity contribution is -0.138. The van der Waals surface area contributed by atoms with E-state index in [0.717, 1.165) is 12.8 Å². The summed E-state index contributed by atoms with van der Waals surface area (Å²) in [6.07, 6.45) is 3.44. The van der Waals surface area contributed by atoms with E-state index in [9.17, 15) is 13.2 Å². The number of nitrogens with zero attached hydrogens (tertiary/aromatic N) is 1. The second-order valence-corrected chi connectivity index (χ2v) is 8.71. The third kappa shape index (κ3) is 3.52. The van der Waals surface area contributed by atoms with E-state index in [1.54, 1.807) is 0 Å². The minimum absolute atomic E-state index is 0.00472. The van der Waals surface area contributed by atoms with Gasteiger partial charge in [0.25, 0.3) is 0 Å². The van der Waals surface area contributed by atoms with Crippen LogP contribution >= 0.6 is 0 Å². The average Bonchev–Trinajstić information content (AvgIpc) is 2.30. The molecular formula is C14H25NO4S. The number of aliphatic carboxylic acids is 1. The highest BCUT2D eigenvalue weighted by Crippen LogP contribution is 2.35. The highest BCUT2D eigenvalue weighted by molar-refractivity contribution is 7.91. The molecule has 1 saturated heterocycles. The highest BCUT2D eigenvalue weighted by Gasteiger charge is 2.41. The maximum absolute atomic E-state index is 11.8. The first-order chi connectivity index (χ1) is 9.30. The lowest BCUT2D eigenvalue weighted by Crippen LogP contribution is -2.57. The minimum Gasteiger partial charge on any atom is -0.481 e. The first-order valence-electron chi connectivity index (χ1n) is 7.48. The standard InChI is InChI=1S/C14H25NO4S/c1-10-4-3-5-11(2)14(10)15-6-7-20(18,19)9-12(15)8-13(16)17/h10-12,14H,3-9H2,1-2H3,(H,16,17). The van der Waals surface area contributed by atoms with Crippen LogP contribution in [0, 0.1) is 11.8 Å². The summed E-state index contributed by atoms with van der Waals surface area (Å²) in [4.78, 5) is 13.2. The molecule has 3 unspecified atom stereocenters. The maximum Gasteiger partial charge on any atom is 0.304 e. The first-order valence-corrected chi connectivity index (χ1v) is 9.30. The van der Waals surface area contributed by atoms with Crippen LogP contribution in [0.15, 0.2) is 0 Å². The van der Waals surface area contributed by atoms with Gasteiger partial charge in [-0.05, 0) is 24.7 Å². The Bertz CT molecular complexity index is 452. The summed E-state index contributed by atoms with van der Waals surface area (Å²) >= 11 is 0. The molecule has 0 aromatic rings. The van der Waals surface area contributed by atoms with Crippen LogP contribution in [-0.2, 0) is 14.6 Å². The zero-order valence-electron chi connectivity index (χ0n) is 12.3. The molecule has 0 amide bonds. The van der Waals surface area contributed by atoms with E-state index in [1.165, 1.54) is 6.42 Å². The Hall–Kier alpha value is -0.620. The van der Waals surface area contributed by atoms with E-state index in [0.29, 0.717) is 24.4 Å². The normalized spacial score (nSPS) is 38.5. The Labute approximate surface area is 121 Å². The molecule has 3 atom stereocenters. The predicted molar refractivity (Wildman–Crippen MR) is 77.4 cm³/mol. The van der Waals surface area contributed by atoms with Gasteiger partial charge in [0.1, 0.15) is 0 Å². The third-order valence-corrected chi connectivity index (χ3v) is 6.55. The van der Waals surface area contributed by atoms with Crippen molar-refractivity contribution in [1.82, 2.24) is 4.90 Å². The van der Waals surface area contributed by atoms with E-state index in [4.69, 9.17) is 5.11 Å². The van der Waals surface area contributed by atoms with Gasteiger partial charge in [-0.2, -0.15) is 0 Å². The molecule has 2 fully saturated rings. The molecule has 6 heteroatoms. The van der Waals surface area contributed by atoms with Crippen molar-refractivity contribution in [2.75, 3.05) is 18.1 Å². The van der Waals surface area contributed by atoms with Crippen LogP contribution in [0.5, 0.6) is 0 Å². The average molecular weight is 303 g/mol. The largest absolute Gasteiger partial charge is 0.481 e. The van der Waals surface area contributed by atoms with E-state index in [1.807, 2.05) is 0 Å². The predicted octanol–water partition coefficient (Wildman–Crippen LogP) is 1.38. The molecule has 2 rings (SSSR count). The molecule has 0 spiro atoms. The molecule has 1 heterocycles. The molecule has 116 valence electrons. The lowest BCUT2D eigenvalue weighted by Gasteiger charge is -2.47. The molecule has 20 heavy (non-hydrogen) atoms. The minimum atomic E-state index is -3.09. The fourth-order valence-corrected chi connectivity index (χ4v) is 5.54. The van der Waals surface area contributed by atoms with Crippen LogP contribution in [0.25, 0.3) is 0 Å². The van der Waals surface area contributed by atoms with Crippen molar-refractivity contribution < 1.29 is 18.3 Å². The van der Waals surface area contributed by atoms with Gasteiger partial charge in [-0.15, -0.1) is 0 Å². The molecular weight excluding hydrogens is 278 g/mol. The van der Waals surface area contributed by atoms with Crippen LogP contribution in [0.4, 0.5) is 0 Å². The van der Waals surface area contributed by atoms with E-state index in [2.05, 4.69) is 18.7 Å². The summed E-state index contributed by atoms with van der Waals surface area (Å²) in [5, 5.41) is 9.06. The van der Waals surface area contributed by atoms with Gasteiger partial charge in [0.15, 0.2) is 9.84 Å². The van der Waals surface area contributed by atoms with Gasteiger partial charge in [-0.3, -0.25) is 9.69 Å². The first kappa shape index (κ1) is 15.8. The van der Waals surface area contributed by atoms with Crippen LogP contribution < -0.4 is 0 Å². The fourth-order valence-electron chi connectivity index (χ4n) is 3.99. The highest BCUT2D eigenvalue weighted by atomic mass is 32.2. The summed E-state index contributed by atoms with van der Waals surface area (Å²) in [5.74, 6) is 0.272. The quantitative estimate of drug-likeness (QED) is 0.852. The Morgan fingerprint density at radius 1 is 1.25 bits per heavy atom. The molecule has 1 aliphatic carbocycles. The van der Waals surface area contributed by atoms with E-state index in [-0.39, 0.29) is 24.0 Å². The number of hydrogen-bond donors (Lipinski definition) is 1. The van der Waals surface area contributed by atoms with E-state index < -0.39 is 15.8 Å². The van der Waals surface area contributed by atoms with Gasteiger partial charge in [0, 0.05) is 18.6 Å². The van der Waals surface area contributed by atoms with Crippen molar-refractivity contribution in [3.8, 4) is 0 Å². The zero-order chi connectivity index (χ0) is 14.9. The maximum atomic E-state index is 11.8. The second-order valence-electron chi connectivity index (χ2n) is 6.48. The van der Waals surface area contributed by atoms with Gasteiger partial charge < -0.3 is 5.11 Å². The van der Waals surface area contributed by atoms with Crippen LogP contribution in [0.1, 0.15) is 39.5 Å². The second kappa shape index (κ2) is 6.02. The Morgan fingerprint density at radius 2 is 1.85 bits per heavy atom. The topological polar surface area (TPSA) is 74.7 Å². The SMILES string of the molecule is CC1CCCC(C)C1N1CCS(=O)(=O)CC1CC(=O)O. The molecule has 0 bridgehead atoms. The van der Waals surface area contributed by atoms with Crippen molar-refractivity contribution in [3.63, 3.8) is 0 Å². The van der Waals surface area contributed by atoms with Crippen LogP contribution in [0.2, 0.25) is 0 Å². The Balaban J connectivity index is 2.20. The molecule has 5 nitrogen and oxygen atoms in total. The Kier molecular flexibility index (Phi) is 4.74. The summed E-state index contributed by atoms with van der Waals surface area (Å²) in [6.45, 7) is 4.90. The van der Waals surface area contributed by atoms with Crippen molar-refractivity contribution >= 4 is 15.8 Å². The number of hydrogen-bond acceptors (Lipinski definition) is 4. The molecule has 0 radical (unpaired) electrons. The van der Waals surface area contributed by atoms with E-state index >= 15 is 0 Å². The van der Waals surface area contributed by atoms with Crippen LogP contribution in [-0.4, -0.2) is 54.5 Å². The number of carboxylic acids is 1. The van der Waals surface area contributed by atoms with Crippen LogP contribution in [0.3, 0.4) is 0 Å². The number of sulfone groups is 1. The third-order valence-electron chi connectivity index (χ3n) is 4.85. The van der Waals surface area contributed by atoms with Crippen molar-refractivity contribution in [3.05, 3.63) is 0 Å². The summed E-state index contributed by atoms with van der Waals surface area (Å²) < 4.78 is 23.6. The summed E-state index contributed by atoms with van der Waals surface area (Å²) in [5.41, 5.74) is 0. The van der Waals surface area contributed by atoms with Crippen molar-refractivity contribution in [1.29, 1.82) is 0 Å². The monoisotopic (exact) mass is 303 g/mol. The van der Waals surface area contributed by atoms with Gasteiger partial charge in [-0.1, -0.05) is 20.3 Å². The molecule has 1 saturated carbocycles. The summed E-state index contributed by atoms with van der Waals surface area (Å²) in [6, 6.07) is -0.0390.